The smallest absolute Gasteiger partial charge is 0.336 e. The quantitative estimate of drug-likeness (QED) is 0.864. The number of sulfone groups is 1. The van der Waals surface area contributed by atoms with Gasteiger partial charge < -0.3 is 10.4 Å². The second kappa shape index (κ2) is 4.61. The highest BCUT2D eigenvalue weighted by molar-refractivity contribution is 7.91. The molecular formula is C12H15NO4S. The maximum atomic E-state index is 11.4. The Morgan fingerprint density at radius 3 is 2.72 bits per heavy atom. The van der Waals surface area contributed by atoms with Crippen LogP contribution in [0.4, 0.5) is 5.69 Å². The molecule has 1 atom stereocenters. The Morgan fingerprint density at radius 1 is 1.44 bits per heavy atom. The molecule has 1 saturated heterocycles. The minimum atomic E-state index is -2.93. The lowest BCUT2D eigenvalue weighted by atomic mass is 10.1. The molecule has 18 heavy (non-hydrogen) atoms. The van der Waals surface area contributed by atoms with E-state index in [0.717, 1.165) is 0 Å². The van der Waals surface area contributed by atoms with E-state index in [4.69, 9.17) is 5.11 Å². The van der Waals surface area contributed by atoms with Crippen LogP contribution in [0, 0.1) is 6.92 Å². The van der Waals surface area contributed by atoms with E-state index >= 15 is 0 Å². The summed E-state index contributed by atoms with van der Waals surface area (Å²) >= 11 is 0. The van der Waals surface area contributed by atoms with E-state index in [0.29, 0.717) is 17.7 Å². The molecule has 5 nitrogen and oxygen atoms in total. The first kappa shape index (κ1) is 12.9. The van der Waals surface area contributed by atoms with Crippen LogP contribution < -0.4 is 5.32 Å². The first-order valence-corrected chi connectivity index (χ1v) is 7.51. The molecule has 1 aliphatic rings. The van der Waals surface area contributed by atoms with Gasteiger partial charge in [-0.25, -0.2) is 13.2 Å². The highest BCUT2D eigenvalue weighted by Crippen LogP contribution is 2.23. The van der Waals surface area contributed by atoms with Crippen molar-refractivity contribution in [3.63, 3.8) is 0 Å². The predicted molar refractivity (Wildman–Crippen MR) is 68.8 cm³/mol. The molecule has 0 spiro atoms. The Bertz CT molecular complexity index is 580. The zero-order valence-electron chi connectivity index (χ0n) is 10.0. The number of carboxylic acid groups (broad SMARTS) is 1. The average Bonchev–Trinajstić information content (AvgIpc) is 2.61. The summed E-state index contributed by atoms with van der Waals surface area (Å²) in [5.74, 6) is -0.665. The van der Waals surface area contributed by atoms with Crippen molar-refractivity contribution in [1.29, 1.82) is 0 Å². The molecule has 98 valence electrons. The van der Waals surface area contributed by atoms with E-state index in [2.05, 4.69) is 5.32 Å². The molecule has 0 saturated carbocycles. The molecule has 1 heterocycles. The average molecular weight is 269 g/mol. The van der Waals surface area contributed by atoms with Gasteiger partial charge in [-0.15, -0.1) is 0 Å². The van der Waals surface area contributed by atoms with E-state index < -0.39 is 15.8 Å². The van der Waals surface area contributed by atoms with Crippen molar-refractivity contribution in [2.45, 2.75) is 19.4 Å². The van der Waals surface area contributed by atoms with Gasteiger partial charge in [0, 0.05) is 11.7 Å². The molecule has 1 fully saturated rings. The van der Waals surface area contributed by atoms with Crippen LogP contribution in [0.25, 0.3) is 0 Å². The first-order valence-electron chi connectivity index (χ1n) is 5.69. The highest BCUT2D eigenvalue weighted by atomic mass is 32.2. The standard InChI is InChI=1S/C12H15NO4S/c1-8-10(12(14)15)3-2-4-11(8)13-9-5-6-18(16,17)7-9/h2-4,9,13H,5-7H2,1H3,(H,14,15). The van der Waals surface area contributed by atoms with Crippen LogP contribution in [0.15, 0.2) is 18.2 Å². The lowest BCUT2D eigenvalue weighted by Gasteiger charge is -2.15. The van der Waals surface area contributed by atoms with Crippen LogP contribution in [-0.4, -0.2) is 37.0 Å². The molecule has 1 aromatic rings. The molecular weight excluding hydrogens is 254 g/mol. The van der Waals surface area contributed by atoms with Gasteiger partial charge in [-0.2, -0.15) is 0 Å². The zero-order chi connectivity index (χ0) is 13.3. The number of anilines is 1. The second-order valence-electron chi connectivity index (χ2n) is 4.53. The summed E-state index contributed by atoms with van der Waals surface area (Å²) in [4.78, 5) is 11.0. The van der Waals surface area contributed by atoms with Gasteiger partial charge in [-0.05, 0) is 31.0 Å². The molecule has 0 aliphatic carbocycles. The van der Waals surface area contributed by atoms with Crippen molar-refractivity contribution in [1.82, 2.24) is 0 Å². The van der Waals surface area contributed by atoms with E-state index in [1.807, 2.05) is 0 Å². The molecule has 1 unspecified atom stereocenters. The molecule has 0 aromatic heterocycles. The van der Waals surface area contributed by atoms with Crippen LogP contribution in [0.5, 0.6) is 0 Å². The summed E-state index contributed by atoms with van der Waals surface area (Å²) in [6.45, 7) is 1.72. The van der Waals surface area contributed by atoms with Crippen molar-refractivity contribution in [3.8, 4) is 0 Å². The Kier molecular flexibility index (Phi) is 3.30. The Hall–Kier alpha value is -1.56. The summed E-state index contributed by atoms with van der Waals surface area (Å²) in [5, 5.41) is 12.1. The number of hydrogen-bond acceptors (Lipinski definition) is 4. The summed E-state index contributed by atoms with van der Waals surface area (Å²) in [6, 6.07) is 4.83. The summed E-state index contributed by atoms with van der Waals surface area (Å²) in [7, 11) is -2.93. The second-order valence-corrected chi connectivity index (χ2v) is 6.76. The third kappa shape index (κ3) is 2.64. The number of benzene rings is 1. The minimum Gasteiger partial charge on any atom is -0.478 e. The van der Waals surface area contributed by atoms with Crippen LogP contribution in [0.3, 0.4) is 0 Å². The number of carbonyl (C=O) groups is 1. The predicted octanol–water partition coefficient (Wildman–Crippen LogP) is 1.29. The highest BCUT2D eigenvalue weighted by Gasteiger charge is 2.28. The number of carboxylic acids is 1. The third-order valence-corrected chi connectivity index (χ3v) is 4.92. The van der Waals surface area contributed by atoms with Gasteiger partial charge >= 0.3 is 5.97 Å². The van der Waals surface area contributed by atoms with Gasteiger partial charge in [-0.1, -0.05) is 6.07 Å². The Balaban J connectivity index is 2.20. The monoisotopic (exact) mass is 269 g/mol. The molecule has 1 aliphatic heterocycles. The van der Waals surface area contributed by atoms with Crippen molar-refractivity contribution in [3.05, 3.63) is 29.3 Å². The van der Waals surface area contributed by atoms with E-state index in [1.54, 1.807) is 19.1 Å². The van der Waals surface area contributed by atoms with Crippen LogP contribution in [0.1, 0.15) is 22.3 Å². The zero-order valence-corrected chi connectivity index (χ0v) is 10.8. The van der Waals surface area contributed by atoms with Gasteiger partial charge in [0.2, 0.25) is 0 Å². The number of rotatable bonds is 3. The van der Waals surface area contributed by atoms with E-state index in [-0.39, 0.29) is 23.1 Å². The van der Waals surface area contributed by atoms with Crippen LogP contribution in [0.2, 0.25) is 0 Å². The maximum Gasteiger partial charge on any atom is 0.336 e. The normalized spacial score (nSPS) is 21.7. The molecule has 2 rings (SSSR count). The summed E-state index contributed by atoms with van der Waals surface area (Å²) in [5.41, 5.74) is 1.56. The van der Waals surface area contributed by atoms with Crippen molar-refractivity contribution in [2.75, 3.05) is 16.8 Å². The summed E-state index contributed by atoms with van der Waals surface area (Å²) in [6.07, 6.45) is 0.569. The van der Waals surface area contributed by atoms with Crippen LogP contribution in [-0.2, 0) is 9.84 Å². The lowest BCUT2D eigenvalue weighted by molar-refractivity contribution is 0.0696. The minimum absolute atomic E-state index is 0.115. The van der Waals surface area contributed by atoms with Crippen molar-refractivity contribution < 1.29 is 18.3 Å². The number of aromatic carboxylic acids is 1. The Morgan fingerprint density at radius 2 is 2.17 bits per heavy atom. The van der Waals surface area contributed by atoms with Gasteiger partial charge in [-0.3, -0.25) is 0 Å². The van der Waals surface area contributed by atoms with Crippen molar-refractivity contribution in [2.24, 2.45) is 0 Å². The van der Waals surface area contributed by atoms with Gasteiger partial charge in [0.05, 0.1) is 17.1 Å². The summed E-state index contributed by atoms with van der Waals surface area (Å²) < 4.78 is 22.7. The molecule has 0 radical (unpaired) electrons. The topological polar surface area (TPSA) is 83.5 Å². The molecule has 6 heteroatoms. The SMILES string of the molecule is Cc1c(NC2CCS(=O)(=O)C2)cccc1C(=O)O. The molecule has 1 aromatic carbocycles. The van der Waals surface area contributed by atoms with E-state index in [9.17, 15) is 13.2 Å². The molecule has 2 N–H and O–H groups in total. The van der Waals surface area contributed by atoms with E-state index in [1.165, 1.54) is 6.07 Å². The number of nitrogens with one attached hydrogen (secondary N) is 1. The molecule has 0 bridgehead atoms. The van der Waals surface area contributed by atoms with Gasteiger partial charge in [0.15, 0.2) is 9.84 Å². The lowest BCUT2D eigenvalue weighted by Crippen LogP contribution is -2.21. The maximum absolute atomic E-state index is 11.4. The van der Waals surface area contributed by atoms with Crippen molar-refractivity contribution >= 4 is 21.5 Å². The Labute approximate surface area is 106 Å². The first-order chi connectivity index (χ1) is 8.39. The van der Waals surface area contributed by atoms with Crippen LogP contribution >= 0.6 is 0 Å². The van der Waals surface area contributed by atoms with Gasteiger partial charge in [0.25, 0.3) is 0 Å². The molecule has 0 amide bonds. The largest absolute Gasteiger partial charge is 0.478 e. The number of hydrogen-bond donors (Lipinski definition) is 2. The van der Waals surface area contributed by atoms with Gasteiger partial charge in [0.1, 0.15) is 0 Å². The third-order valence-electron chi connectivity index (χ3n) is 3.16. The fourth-order valence-corrected chi connectivity index (χ4v) is 3.83. The fourth-order valence-electron chi connectivity index (χ4n) is 2.15. The fraction of sp³-hybridized carbons (Fsp3) is 0.417.